The van der Waals surface area contributed by atoms with Gasteiger partial charge in [-0.3, -0.25) is 14.4 Å². The van der Waals surface area contributed by atoms with E-state index in [9.17, 15) is 18.8 Å². The number of alkyl halides is 1. The number of rotatable bonds is 5. The van der Waals surface area contributed by atoms with E-state index >= 15 is 0 Å². The molecule has 3 heterocycles. The van der Waals surface area contributed by atoms with E-state index in [0.717, 1.165) is 10.1 Å². The van der Waals surface area contributed by atoms with Gasteiger partial charge in [0.05, 0.1) is 11.4 Å². The van der Waals surface area contributed by atoms with Crippen molar-refractivity contribution >= 4 is 39.0 Å². The standard InChI is InChI=1S/C21H23FN2O4S/c1-11(2)7-14(21(27)24-9-13(22)19-18(24)15(25)10-28-19)23-20(26)17-8-12-5-3-4-6-16(12)29-17/h3-6,8,11,13-14,18-19H,7,9-10H2,1-2H3,(H,23,26)/t13-,14-,18+,19+/m0/s1. The molecule has 1 aromatic heterocycles. The van der Waals surface area contributed by atoms with Crippen LogP contribution in [0.15, 0.2) is 30.3 Å². The number of thiophene rings is 1. The lowest BCUT2D eigenvalue weighted by Crippen LogP contribution is -2.52. The summed E-state index contributed by atoms with van der Waals surface area (Å²) < 4.78 is 20.5. The van der Waals surface area contributed by atoms with E-state index in [1.165, 1.54) is 16.2 Å². The lowest BCUT2D eigenvalue weighted by atomic mass is 10.0. The Balaban J connectivity index is 1.54. The fourth-order valence-corrected chi connectivity index (χ4v) is 5.01. The van der Waals surface area contributed by atoms with Crippen LogP contribution in [0.25, 0.3) is 10.1 Å². The summed E-state index contributed by atoms with van der Waals surface area (Å²) in [4.78, 5) is 39.9. The minimum atomic E-state index is -1.40. The first kappa shape index (κ1) is 20.0. The third-order valence-electron chi connectivity index (χ3n) is 5.37. The Bertz CT molecular complexity index is 926. The topological polar surface area (TPSA) is 75.7 Å². The van der Waals surface area contributed by atoms with Crippen LogP contribution in [0.4, 0.5) is 4.39 Å². The van der Waals surface area contributed by atoms with E-state index in [-0.39, 0.29) is 30.8 Å². The monoisotopic (exact) mass is 418 g/mol. The summed E-state index contributed by atoms with van der Waals surface area (Å²) in [5.74, 6) is -0.932. The van der Waals surface area contributed by atoms with E-state index in [2.05, 4.69) is 5.32 Å². The van der Waals surface area contributed by atoms with Crippen molar-refractivity contribution in [2.24, 2.45) is 5.92 Å². The van der Waals surface area contributed by atoms with E-state index in [4.69, 9.17) is 4.74 Å². The van der Waals surface area contributed by atoms with Crippen LogP contribution in [-0.4, -0.2) is 60.0 Å². The van der Waals surface area contributed by atoms with Crippen LogP contribution in [0.1, 0.15) is 29.9 Å². The molecule has 0 unspecified atom stereocenters. The molecule has 1 N–H and O–H groups in total. The highest BCUT2D eigenvalue weighted by Crippen LogP contribution is 2.31. The molecule has 2 amide bonds. The van der Waals surface area contributed by atoms with Crippen molar-refractivity contribution in [2.45, 2.75) is 44.6 Å². The molecule has 1 aromatic carbocycles. The lowest BCUT2D eigenvalue weighted by molar-refractivity contribution is -0.138. The van der Waals surface area contributed by atoms with Gasteiger partial charge in [-0.15, -0.1) is 11.3 Å². The SMILES string of the molecule is CC(C)C[C@H](NC(=O)c1cc2ccccc2s1)C(=O)N1C[C@H](F)[C@H]2OCC(=O)[C@H]21. The summed E-state index contributed by atoms with van der Waals surface area (Å²) in [5.41, 5.74) is 0. The minimum absolute atomic E-state index is 0.127. The number of ketones is 1. The number of carbonyl (C=O) groups excluding carboxylic acids is 3. The second kappa shape index (κ2) is 7.84. The number of amides is 2. The average Bonchev–Trinajstić information content (AvgIpc) is 3.36. The molecule has 0 spiro atoms. The lowest BCUT2D eigenvalue weighted by Gasteiger charge is -2.28. The minimum Gasteiger partial charge on any atom is -0.365 e. The zero-order chi connectivity index (χ0) is 20.7. The highest BCUT2D eigenvalue weighted by Gasteiger charge is 2.53. The maximum Gasteiger partial charge on any atom is 0.262 e. The van der Waals surface area contributed by atoms with Gasteiger partial charge in [0.2, 0.25) is 5.91 Å². The number of nitrogens with one attached hydrogen (secondary N) is 1. The molecule has 4 rings (SSSR count). The Morgan fingerprint density at radius 1 is 1.34 bits per heavy atom. The second-order valence-corrected chi connectivity index (χ2v) is 9.08. The van der Waals surface area contributed by atoms with E-state index in [0.29, 0.717) is 11.3 Å². The number of hydrogen-bond acceptors (Lipinski definition) is 5. The molecule has 0 saturated carbocycles. The zero-order valence-corrected chi connectivity index (χ0v) is 17.1. The number of benzene rings is 1. The van der Waals surface area contributed by atoms with Gasteiger partial charge in [-0.1, -0.05) is 32.0 Å². The van der Waals surface area contributed by atoms with Crippen molar-refractivity contribution in [3.05, 3.63) is 35.2 Å². The van der Waals surface area contributed by atoms with Crippen molar-refractivity contribution in [1.82, 2.24) is 10.2 Å². The van der Waals surface area contributed by atoms with Crippen molar-refractivity contribution in [3.8, 4) is 0 Å². The Morgan fingerprint density at radius 3 is 2.83 bits per heavy atom. The molecule has 29 heavy (non-hydrogen) atoms. The summed E-state index contributed by atoms with van der Waals surface area (Å²) in [6, 6.07) is 7.75. The molecule has 2 saturated heterocycles. The van der Waals surface area contributed by atoms with E-state index in [1.54, 1.807) is 6.07 Å². The van der Waals surface area contributed by atoms with Gasteiger partial charge in [-0.05, 0) is 29.9 Å². The molecule has 2 fully saturated rings. The Morgan fingerprint density at radius 2 is 2.10 bits per heavy atom. The number of ether oxygens (including phenoxy) is 1. The number of Topliss-reactive ketones (excluding diaryl/α,β-unsaturated/α-hetero) is 1. The quantitative estimate of drug-likeness (QED) is 0.810. The molecule has 2 aromatic rings. The molecule has 0 aliphatic carbocycles. The molecule has 2 aliphatic heterocycles. The first-order valence-electron chi connectivity index (χ1n) is 9.73. The maximum atomic E-state index is 14.3. The average molecular weight is 418 g/mol. The van der Waals surface area contributed by atoms with Crippen LogP contribution >= 0.6 is 11.3 Å². The van der Waals surface area contributed by atoms with Crippen LogP contribution < -0.4 is 5.32 Å². The molecule has 8 heteroatoms. The Hall–Kier alpha value is -2.32. The first-order valence-corrected chi connectivity index (χ1v) is 10.5. The normalized spacial score (nSPS) is 24.9. The highest BCUT2D eigenvalue weighted by molar-refractivity contribution is 7.20. The van der Waals surface area contributed by atoms with Crippen LogP contribution in [0.3, 0.4) is 0 Å². The number of nitrogens with zero attached hydrogens (tertiary/aromatic N) is 1. The summed E-state index contributed by atoms with van der Waals surface area (Å²) in [6.45, 7) is 3.52. The molecule has 6 nitrogen and oxygen atoms in total. The van der Waals surface area contributed by atoms with Crippen molar-refractivity contribution in [3.63, 3.8) is 0 Å². The van der Waals surface area contributed by atoms with Gasteiger partial charge in [0.15, 0.2) is 5.78 Å². The number of carbonyl (C=O) groups is 3. The predicted molar refractivity (Wildman–Crippen MR) is 108 cm³/mol. The summed E-state index contributed by atoms with van der Waals surface area (Å²) >= 11 is 1.36. The van der Waals surface area contributed by atoms with Gasteiger partial charge in [-0.25, -0.2) is 4.39 Å². The smallest absolute Gasteiger partial charge is 0.262 e. The third kappa shape index (κ3) is 3.79. The van der Waals surface area contributed by atoms with Gasteiger partial charge in [-0.2, -0.15) is 0 Å². The van der Waals surface area contributed by atoms with Crippen LogP contribution in [0.2, 0.25) is 0 Å². The van der Waals surface area contributed by atoms with E-state index < -0.39 is 30.3 Å². The third-order valence-corrected chi connectivity index (χ3v) is 6.48. The largest absolute Gasteiger partial charge is 0.365 e. The Kier molecular flexibility index (Phi) is 5.40. The fraction of sp³-hybridized carbons (Fsp3) is 0.476. The van der Waals surface area contributed by atoms with Gasteiger partial charge in [0, 0.05) is 4.70 Å². The molecule has 4 atom stereocenters. The molecule has 0 bridgehead atoms. The molecule has 154 valence electrons. The Labute approximate surface area is 172 Å². The molecular weight excluding hydrogens is 395 g/mol. The predicted octanol–water partition coefficient (Wildman–Crippen LogP) is 2.56. The van der Waals surface area contributed by atoms with Gasteiger partial charge < -0.3 is 15.0 Å². The van der Waals surface area contributed by atoms with E-state index in [1.807, 2.05) is 38.1 Å². The number of halogens is 1. The summed E-state index contributed by atoms with van der Waals surface area (Å²) in [6.07, 6.45) is -1.90. The van der Waals surface area contributed by atoms with Crippen molar-refractivity contribution in [2.75, 3.05) is 13.2 Å². The van der Waals surface area contributed by atoms with Gasteiger partial charge in [0.1, 0.15) is 31.0 Å². The maximum absolute atomic E-state index is 14.3. The van der Waals surface area contributed by atoms with Crippen LogP contribution in [0, 0.1) is 5.92 Å². The fourth-order valence-electron chi connectivity index (χ4n) is 4.04. The highest BCUT2D eigenvalue weighted by atomic mass is 32.1. The first-order chi connectivity index (χ1) is 13.8. The second-order valence-electron chi connectivity index (χ2n) is 8.00. The van der Waals surface area contributed by atoms with Gasteiger partial charge >= 0.3 is 0 Å². The van der Waals surface area contributed by atoms with Gasteiger partial charge in [0.25, 0.3) is 5.91 Å². The van der Waals surface area contributed by atoms with Crippen molar-refractivity contribution in [1.29, 1.82) is 0 Å². The number of fused-ring (bicyclic) bond motifs is 2. The molecule has 0 radical (unpaired) electrons. The summed E-state index contributed by atoms with van der Waals surface area (Å²) in [5, 5.41) is 3.78. The van der Waals surface area contributed by atoms with Crippen molar-refractivity contribution < 1.29 is 23.5 Å². The van der Waals surface area contributed by atoms with Crippen LogP contribution in [-0.2, 0) is 14.3 Å². The number of hydrogen-bond donors (Lipinski definition) is 1. The zero-order valence-electron chi connectivity index (χ0n) is 16.3. The molecule has 2 aliphatic rings. The molecular formula is C21H23FN2O4S. The number of likely N-dealkylation sites (tertiary alicyclic amines) is 1. The van der Waals surface area contributed by atoms with Crippen LogP contribution in [0.5, 0.6) is 0 Å². The summed E-state index contributed by atoms with van der Waals surface area (Å²) in [7, 11) is 0.